The minimum absolute atomic E-state index is 0.732. The fourth-order valence-corrected chi connectivity index (χ4v) is 1.70. The van der Waals surface area contributed by atoms with Gasteiger partial charge >= 0.3 is 0 Å². The Hall–Kier alpha value is -2.09. The smallest absolute Gasteiger partial charge is 0.0639 e. The number of rotatable bonds is 4. The summed E-state index contributed by atoms with van der Waals surface area (Å²) >= 11 is 0. The van der Waals surface area contributed by atoms with Crippen molar-refractivity contribution in [3.63, 3.8) is 0 Å². The van der Waals surface area contributed by atoms with Gasteiger partial charge in [0.25, 0.3) is 0 Å². The maximum absolute atomic E-state index is 4.45. The highest BCUT2D eigenvalue weighted by Crippen LogP contribution is 2.11. The topological polar surface area (TPSA) is 15.6 Å². The lowest BCUT2D eigenvalue weighted by Crippen LogP contribution is -2.08. The van der Waals surface area contributed by atoms with Gasteiger partial charge in [-0.15, -0.1) is 0 Å². The van der Waals surface area contributed by atoms with Crippen LogP contribution in [0.4, 0.5) is 5.69 Å². The summed E-state index contributed by atoms with van der Waals surface area (Å²) < 4.78 is 0. The van der Waals surface area contributed by atoms with E-state index in [4.69, 9.17) is 0 Å². The second-order valence-electron chi connectivity index (χ2n) is 4.44. The summed E-state index contributed by atoms with van der Waals surface area (Å²) in [4.78, 5) is 6.54. The lowest BCUT2D eigenvalue weighted by molar-refractivity contribution is 1.08. The van der Waals surface area contributed by atoms with Crippen molar-refractivity contribution in [1.29, 1.82) is 0 Å². The van der Waals surface area contributed by atoms with E-state index in [1.165, 1.54) is 11.3 Å². The van der Waals surface area contributed by atoms with Crippen LogP contribution in [0, 0.1) is 0 Å². The first-order valence-corrected chi connectivity index (χ1v) is 6.07. The Labute approximate surface area is 109 Å². The Morgan fingerprint density at radius 3 is 2.22 bits per heavy atom. The Morgan fingerprint density at radius 2 is 1.61 bits per heavy atom. The molecule has 2 rings (SSSR count). The standard InChI is InChI=1S/C16H18N2/c1-18(2)16-10-8-15(9-11-16)13-17-12-14-6-4-3-5-7-14/h3-11,13H,12H2,1-2H3. The van der Waals surface area contributed by atoms with E-state index >= 15 is 0 Å². The third-order valence-electron chi connectivity index (χ3n) is 2.77. The molecule has 0 N–H and O–H groups in total. The van der Waals surface area contributed by atoms with E-state index in [9.17, 15) is 0 Å². The third kappa shape index (κ3) is 3.45. The first-order chi connectivity index (χ1) is 8.75. The molecule has 0 bridgehead atoms. The summed E-state index contributed by atoms with van der Waals surface area (Å²) in [6.07, 6.45) is 1.92. The summed E-state index contributed by atoms with van der Waals surface area (Å²) in [6, 6.07) is 18.7. The molecular weight excluding hydrogens is 220 g/mol. The summed E-state index contributed by atoms with van der Waals surface area (Å²) in [5.74, 6) is 0. The van der Waals surface area contributed by atoms with Gasteiger partial charge in [-0.2, -0.15) is 0 Å². The lowest BCUT2D eigenvalue weighted by Gasteiger charge is -2.11. The molecule has 0 atom stereocenters. The van der Waals surface area contributed by atoms with E-state index in [1.54, 1.807) is 0 Å². The zero-order valence-corrected chi connectivity index (χ0v) is 10.9. The molecule has 0 unspecified atom stereocenters. The van der Waals surface area contributed by atoms with E-state index < -0.39 is 0 Å². The van der Waals surface area contributed by atoms with Crippen LogP contribution in [0.25, 0.3) is 0 Å². The van der Waals surface area contributed by atoms with E-state index in [0.717, 1.165) is 12.1 Å². The predicted octanol–water partition coefficient (Wildman–Crippen LogP) is 3.37. The van der Waals surface area contributed by atoms with Crippen molar-refractivity contribution in [2.75, 3.05) is 19.0 Å². The molecule has 0 aliphatic heterocycles. The van der Waals surface area contributed by atoms with Crippen LogP contribution < -0.4 is 4.90 Å². The summed E-state index contributed by atoms with van der Waals surface area (Å²) in [6.45, 7) is 0.732. The molecule has 2 nitrogen and oxygen atoms in total. The monoisotopic (exact) mass is 238 g/mol. The first kappa shape index (κ1) is 12.4. The van der Waals surface area contributed by atoms with Crippen molar-refractivity contribution < 1.29 is 0 Å². The van der Waals surface area contributed by atoms with Gasteiger partial charge in [0.15, 0.2) is 0 Å². The van der Waals surface area contributed by atoms with Gasteiger partial charge in [0.2, 0.25) is 0 Å². The van der Waals surface area contributed by atoms with Gasteiger partial charge in [0.1, 0.15) is 0 Å². The van der Waals surface area contributed by atoms with Gasteiger partial charge in [0, 0.05) is 26.0 Å². The Balaban J connectivity index is 1.97. The number of hydrogen-bond donors (Lipinski definition) is 0. The zero-order valence-electron chi connectivity index (χ0n) is 10.9. The molecule has 2 aromatic rings. The first-order valence-electron chi connectivity index (χ1n) is 6.07. The number of aliphatic imine (C=N–C) groups is 1. The highest BCUT2D eigenvalue weighted by atomic mass is 15.1. The molecule has 0 aliphatic rings. The van der Waals surface area contributed by atoms with E-state index in [2.05, 4.69) is 46.3 Å². The molecular formula is C16H18N2. The van der Waals surface area contributed by atoms with Crippen LogP contribution >= 0.6 is 0 Å². The average Bonchev–Trinajstić information content (AvgIpc) is 2.40. The Bertz CT molecular complexity index is 498. The summed E-state index contributed by atoms with van der Waals surface area (Å²) in [5.41, 5.74) is 3.57. The second-order valence-corrected chi connectivity index (χ2v) is 4.44. The van der Waals surface area contributed by atoms with Gasteiger partial charge in [0.05, 0.1) is 6.54 Å². The maximum atomic E-state index is 4.45. The fraction of sp³-hybridized carbons (Fsp3) is 0.188. The Kier molecular flexibility index (Phi) is 4.13. The molecule has 92 valence electrons. The van der Waals surface area contributed by atoms with Crippen molar-refractivity contribution in [1.82, 2.24) is 0 Å². The average molecular weight is 238 g/mol. The highest BCUT2D eigenvalue weighted by Gasteiger charge is 1.93. The van der Waals surface area contributed by atoms with Gasteiger partial charge in [-0.25, -0.2) is 0 Å². The molecule has 0 saturated carbocycles. The summed E-state index contributed by atoms with van der Waals surface area (Å²) in [5, 5.41) is 0. The van der Waals surface area contributed by atoms with Gasteiger partial charge in [-0.05, 0) is 23.3 Å². The maximum Gasteiger partial charge on any atom is 0.0639 e. The van der Waals surface area contributed by atoms with E-state index in [0.29, 0.717) is 0 Å². The molecule has 0 radical (unpaired) electrons. The molecule has 0 amide bonds. The number of nitrogens with zero attached hydrogens (tertiary/aromatic N) is 2. The summed E-state index contributed by atoms with van der Waals surface area (Å²) in [7, 11) is 4.08. The third-order valence-corrected chi connectivity index (χ3v) is 2.77. The number of anilines is 1. The second kappa shape index (κ2) is 6.01. The largest absolute Gasteiger partial charge is 0.378 e. The quantitative estimate of drug-likeness (QED) is 0.746. The lowest BCUT2D eigenvalue weighted by atomic mass is 10.2. The van der Waals surface area contributed by atoms with Crippen molar-refractivity contribution in [2.24, 2.45) is 4.99 Å². The van der Waals surface area contributed by atoms with Gasteiger partial charge in [-0.3, -0.25) is 4.99 Å². The van der Waals surface area contributed by atoms with Crippen molar-refractivity contribution >= 4 is 11.9 Å². The predicted molar refractivity (Wildman–Crippen MR) is 78.5 cm³/mol. The van der Waals surface area contributed by atoms with Crippen LogP contribution in [-0.2, 0) is 6.54 Å². The highest BCUT2D eigenvalue weighted by molar-refractivity contribution is 5.80. The molecule has 0 spiro atoms. The molecule has 2 heteroatoms. The molecule has 2 aromatic carbocycles. The Morgan fingerprint density at radius 1 is 0.944 bits per heavy atom. The number of benzene rings is 2. The fourth-order valence-electron chi connectivity index (χ4n) is 1.70. The number of hydrogen-bond acceptors (Lipinski definition) is 2. The molecule has 0 aromatic heterocycles. The van der Waals surface area contributed by atoms with Gasteiger partial charge < -0.3 is 4.90 Å². The van der Waals surface area contributed by atoms with Crippen molar-refractivity contribution in [2.45, 2.75) is 6.54 Å². The van der Waals surface area contributed by atoms with Crippen LogP contribution in [-0.4, -0.2) is 20.3 Å². The van der Waals surface area contributed by atoms with Crippen LogP contribution in [0.2, 0.25) is 0 Å². The van der Waals surface area contributed by atoms with E-state index in [-0.39, 0.29) is 0 Å². The van der Waals surface area contributed by atoms with E-state index in [1.807, 2.05) is 38.5 Å². The molecule has 18 heavy (non-hydrogen) atoms. The minimum Gasteiger partial charge on any atom is -0.378 e. The van der Waals surface area contributed by atoms with Crippen molar-refractivity contribution in [3.8, 4) is 0 Å². The van der Waals surface area contributed by atoms with Crippen LogP contribution in [0.15, 0.2) is 59.6 Å². The van der Waals surface area contributed by atoms with Gasteiger partial charge in [-0.1, -0.05) is 42.5 Å². The molecule has 0 fully saturated rings. The molecule has 0 saturated heterocycles. The van der Waals surface area contributed by atoms with Crippen molar-refractivity contribution in [3.05, 3.63) is 65.7 Å². The molecule has 0 heterocycles. The minimum atomic E-state index is 0.732. The van der Waals surface area contributed by atoms with Crippen LogP contribution in [0.3, 0.4) is 0 Å². The zero-order chi connectivity index (χ0) is 12.8. The van der Waals surface area contributed by atoms with Crippen LogP contribution in [0.5, 0.6) is 0 Å². The SMILES string of the molecule is CN(C)c1ccc(C=NCc2ccccc2)cc1. The molecule has 0 aliphatic carbocycles. The van der Waals surface area contributed by atoms with Crippen LogP contribution in [0.1, 0.15) is 11.1 Å². The normalized spacial score (nSPS) is 10.8.